The number of hydrogen-bond acceptors (Lipinski definition) is 4. The van der Waals surface area contributed by atoms with Gasteiger partial charge < -0.3 is 19.8 Å². The number of alkyl carbamates (subject to hydrolysis) is 1. The molecule has 0 spiro atoms. The molecular formula is C28H38F2N2O3Si. The van der Waals surface area contributed by atoms with Gasteiger partial charge >= 0.3 is 6.09 Å². The van der Waals surface area contributed by atoms with Gasteiger partial charge in [-0.3, -0.25) is 0 Å². The molecule has 2 aliphatic heterocycles. The molecule has 1 fully saturated rings. The van der Waals surface area contributed by atoms with Crippen LogP contribution >= 0.6 is 0 Å². The van der Waals surface area contributed by atoms with E-state index in [0.717, 1.165) is 17.4 Å². The molecule has 1 amide bonds. The van der Waals surface area contributed by atoms with Gasteiger partial charge in [-0.2, -0.15) is 0 Å². The van der Waals surface area contributed by atoms with Gasteiger partial charge in [-0.1, -0.05) is 53.7 Å². The van der Waals surface area contributed by atoms with Crippen molar-refractivity contribution in [2.45, 2.75) is 95.7 Å². The Morgan fingerprint density at radius 1 is 1.03 bits per heavy atom. The summed E-state index contributed by atoms with van der Waals surface area (Å²) in [6.45, 7) is 14.3. The summed E-state index contributed by atoms with van der Waals surface area (Å²) in [6, 6.07) is 9.16. The molecule has 0 aromatic heterocycles. The van der Waals surface area contributed by atoms with E-state index in [-0.39, 0.29) is 18.5 Å². The smallest absolute Gasteiger partial charge is 0.407 e. The summed E-state index contributed by atoms with van der Waals surface area (Å²) in [6.07, 6.45) is -0.0187. The predicted octanol–water partition coefficient (Wildman–Crippen LogP) is 6.25. The molecule has 2 aromatic rings. The third-order valence-corrected chi connectivity index (χ3v) is 13.9. The number of cyclic esters (lactones) is 1. The zero-order valence-corrected chi connectivity index (χ0v) is 23.0. The van der Waals surface area contributed by atoms with Crippen LogP contribution in [0, 0.1) is 11.6 Å². The van der Waals surface area contributed by atoms with E-state index in [1.54, 1.807) is 0 Å². The first-order valence-electron chi connectivity index (χ1n) is 13.0. The van der Waals surface area contributed by atoms with E-state index < -0.39 is 32.1 Å². The highest BCUT2D eigenvalue weighted by Crippen LogP contribution is 2.44. The third kappa shape index (κ3) is 5.16. The Hall–Kier alpha value is -2.45. The van der Waals surface area contributed by atoms with E-state index in [4.69, 9.17) is 9.16 Å². The minimum Gasteiger partial charge on any atom is -0.542 e. The summed E-state index contributed by atoms with van der Waals surface area (Å²) in [7, 11) is -2.11. The number of ether oxygens (including phenoxy) is 1. The molecule has 5 nitrogen and oxygen atoms in total. The largest absolute Gasteiger partial charge is 0.542 e. The first-order chi connectivity index (χ1) is 17.0. The van der Waals surface area contributed by atoms with Crippen LogP contribution in [-0.2, 0) is 24.1 Å². The summed E-state index contributed by atoms with van der Waals surface area (Å²) in [5, 5.41) is 6.39. The number of nitrogens with one attached hydrogen (secondary N) is 2. The third-order valence-electron chi connectivity index (χ3n) is 7.92. The van der Waals surface area contributed by atoms with Crippen LogP contribution in [0.5, 0.6) is 5.75 Å². The lowest BCUT2D eigenvalue weighted by molar-refractivity contribution is 0.101. The maximum absolute atomic E-state index is 13.7. The number of carbonyl (C=O) groups is 1. The lowest BCUT2D eigenvalue weighted by Gasteiger charge is -2.43. The molecule has 4 rings (SSSR count). The number of fused-ring (bicyclic) bond motifs is 1. The number of rotatable bonds is 8. The quantitative estimate of drug-likeness (QED) is 0.407. The van der Waals surface area contributed by atoms with Gasteiger partial charge in [0.2, 0.25) is 0 Å². The first kappa shape index (κ1) is 26.6. The number of benzene rings is 2. The molecule has 0 bridgehead atoms. The highest BCUT2D eigenvalue weighted by Gasteiger charge is 2.48. The van der Waals surface area contributed by atoms with Crippen molar-refractivity contribution in [3.05, 3.63) is 64.7 Å². The normalized spacial score (nSPS) is 22.1. The van der Waals surface area contributed by atoms with E-state index in [9.17, 15) is 13.6 Å². The molecule has 2 aliphatic rings. The minimum absolute atomic E-state index is 0.127. The Labute approximate surface area is 214 Å². The van der Waals surface area contributed by atoms with E-state index in [0.29, 0.717) is 35.2 Å². The molecule has 3 atom stereocenters. The Morgan fingerprint density at radius 3 is 2.28 bits per heavy atom. The van der Waals surface area contributed by atoms with Crippen molar-refractivity contribution in [1.82, 2.24) is 10.6 Å². The minimum atomic E-state index is -2.11. The summed E-state index contributed by atoms with van der Waals surface area (Å²) in [5.74, 6) is -0.310. The molecule has 2 heterocycles. The maximum Gasteiger partial charge on any atom is 0.407 e. The topological polar surface area (TPSA) is 59.6 Å². The first-order valence-corrected chi connectivity index (χ1v) is 15.1. The van der Waals surface area contributed by atoms with Crippen LogP contribution in [-0.4, -0.2) is 32.6 Å². The Bertz CT molecular complexity index is 1070. The fraction of sp³-hybridized carbons (Fsp3) is 0.536. The molecule has 1 unspecified atom stereocenters. The van der Waals surface area contributed by atoms with Crippen LogP contribution in [0.1, 0.15) is 58.2 Å². The lowest BCUT2D eigenvalue weighted by atomic mass is 9.88. The van der Waals surface area contributed by atoms with E-state index in [2.05, 4.69) is 64.3 Å². The molecule has 2 aromatic carbocycles. The fourth-order valence-corrected chi connectivity index (χ4v) is 11.7. The van der Waals surface area contributed by atoms with Crippen LogP contribution in [0.3, 0.4) is 0 Å². The molecule has 1 saturated heterocycles. The summed E-state index contributed by atoms with van der Waals surface area (Å²) >= 11 is 0. The Balaban J connectivity index is 1.56. The molecule has 196 valence electrons. The summed E-state index contributed by atoms with van der Waals surface area (Å²) in [5.41, 5.74) is 4.22. The van der Waals surface area contributed by atoms with Gasteiger partial charge in [-0.15, -0.1) is 0 Å². The highest BCUT2D eigenvalue weighted by atomic mass is 28.4. The second-order valence-electron chi connectivity index (χ2n) is 11.1. The zero-order chi connectivity index (χ0) is 26.2. The van der Waals surface area contributed by atoms with Crippen molar-refractivity contribution in [1.29, 1.82) is 0 Å². The average molecular weight is 517 g/mol. The molecule has 8 heteroatoms. The SMILES string of the molecule is CC(C)[Si](Oc1cccc2c1CNC([C@H]1OC(=O)N[C@H]1Cc1cc(F)cc(F)c1)C2)(C(C)C)C(C)C. The van der Waals surface area contributed by atoms with E-state index in [1.165, 1.54) is 17.7 Å². The van der Waals surface area contributed by atoms with Gasteiger partial charge in [-0.05, 0) is 58.8 Å². The molecular weight excluding hydrogens is 478 g/mol. The zero-order valence-electron chi connectivity index (χ0n) is 22.0. The second kappa shape index (κ2) is 10.5. The highest BCUT2D eigenvalue weighted by molar-refractivity contribution is 6.78. The number of hydrogen-bond donors (Lipinski definition) is 2. The molecule has 0 saturated carbocycles. The second-order valence-corrected chi connectivity index (χ2v) is 16.5. The number of carbonyl (C=O) groups excluding carboxylic acids is 1. The van der Waals surface area contributed by atoms with Crippen LogP contribution in [0.2, 0.25) is 16.6 Å². The number of amides is 1. The molecule has 36 heavy (non-hydrogen) atoms. The van der Waals surface area contributed by atoms with Gasteiger partial charge in [0.25, 0.3) is 8.32 Å². The van der Waals surface area contributed by atoms with Crippen molar-refractivity contribution in [3.63, 3.8) is 0 Å². The molecule has 0 aliphatic carbocycles. The summed E-state index contributed by atoms with van der Waals surface area (Å²) < 4.78 is 40.1. The summed E-state index contributed by atoms with van der Waals surface area (Å²) in [4.78, 5) is 12.2. The molecule has 0 radical (unpaired) electrons. The van der Waals surface area contributed by atoms with Gasteiger partial charge in [0.1, 0.15) is 23.5 Å². The van der Waals surface area contributed by atoms with Crippen LogP contribution < -0.4 is 15.1 Å². The van der Waals surface area contributed by atoms with Crippen molar-refractivity contribution in [2.75, 3.05) is 0 Å². The van der Waals surface area contributed by atoms with Gasteiger partial charge in [-0.25, -0.2) is 13.6 Å². The predicted molar refractivity (Wildman–Crippen MR) is 140 cm³/mol. The molecule has 2 N–H and O–H groups in total. The maximum atomic E-state index is 13.7. The van der Waals surface area contributed by atoms with Gasteiger partial charge in [0.05, 0.1) is 12.1 Å². The van der Waals surface area contributed by atoms with Crippen LogP contribution in [0.25, 0.3) is 0 Å². The van der Waals surface area contributed by atoms with Crippen LogP contribution in [0.15, 0.2) is 36.4 Å². The van der Waals surface area contributed by atoms with Crippen LogP contribution in [0.4, 0.5) is 13.6 Å². The average Bonchev–Trinajstić information content (AvgIpc) is 3.15. The van der Waals surface area contributed by atoms with Crippen molar-refractivity contribution < 1.29 is 22.7 Å². The lowest BCUT2D eigenvalue weighted by Crippen LogP contribution is -2.52. The Kier molecular flexibility index (Phi) is 7.76. The van der Waals surface area contributed by atoms with Gasteiger partial charge in [0.15, 0.2) is 0 Å². The monoisotopic (exact) mass is 516 g/mol. The standard InChI is InChI=1S/C28H38F2N2O3Si/c1-16(2)36(17(3)4,18(5)6)35-26-9-7-8-20-13-24(31-15-23(20)26)27-25(32-28(33)34-27)12-19-10-21(29)14-22(30)11-19/h7-11,14,16-18,24-25,27,31H,12-13,15H2,1-6H3,(H,32,33)/t24?,25-,27+/m0/s1. The number of halogens is 2. The fourth-order valence-electron chi connectivity index (χ4n) is 6.40. The van der Waals surface area contributed by atoms with E-state index in [1.807, 2.05) is 6.07 Å². The van der Waals surface area contributed by atoms with Gasteiger partial charge in [0, 0.05) is 18.2 Å². The Morgan fingerprint density at radius 2 is 1.67 bits per heavy atom. The van der Waals surface area contributed by atoms with Crippen molar-refractivity contribution in [2.24, 2.45) is 0 Å². The van der Waals surface area contributed by atoms with E-state index >= 15 is 0 Å². The van der Waals surface area contributed by atoms with Crippen molar-refractivity contribution in [3.8, 4) is 5.75 Å². The van der Waals surface area contributed by atoms with Crippen molar-refractivity contribution >= 4 is 14.4 Å².